The molecule has 1 amide bonds. The second kappa shape index (κ2) is 3.07. The molecule has 1 aliphatic heterocycles. The van der Waals surface area contributed by atoms with Crippen LogP contribution in [0.25, 0.3) is 0 Å². The standard InChI is InChI=1S/C4H5N3OS2/c1-2(8)5-3-6-7-4(9)10-3/h3H,1H3,(H,5,8). The SMILES string of the molecule is CC(=O)NC1N=NC(=S)S1. The molecule has 1 aliphatic rings. The summed E-state index contributed by atoms with van der Waals surface area (Å²) in [5, 5.41) is 9.80. The molecular weight excluding hydrogens is 170 g/mol. The minimum Gasteiger partial charge on any atom is -0.324 e. The fourth-order valence-corrected chi connectivity index (χ4v) is 1.40. The molecule has 0 saturated carbocycles. The molecule has 1 rings (SSSR count). The van der Waals surface area contributed by atoms with Crippen molar-refractivity contribution < 1.29 is 4.79 Å². The Labute approximate surface area is 67.5 Å². The topological polar surface area (TPSA) is 53.8 Å². The molecule has 0 aromatic heterocycles. The first-order valence-corrected chi connectivity index (χ1v) is 3.86. The number of nitrogens with one attached hydrogen (secondary N) is 1. The van der Waals surface area contributed by atoms with Crippen molar-refractivity contribution in [2.24, 2.45) is 10.2 Å². The highest BCUT2D eigenvalue weighted by Gasteiger charge is 2.17. The molecule has 1 atom stereocenters. The van der Waals surface area contributed by atoms with Crippen LogP contribution in [-0.4, -0.2) is 15.7 Å². The molecule has 1 N–H and O–H groups in total. The van der Waals surface area contributed by atoms with Gasteiger partial charge in [-0.1, -0.05) is 0 Å². The number of amides is 1. The van der Waals surface area contributed by atoms with Crippen LogP contribution < -0.4 is 5.32 Å². The third kappa shape index (κ3) is 2.03. The molecule has 0 aliphatic carbocycles. The highest BCUT2D eigenvalue weighted by Crippen LogP contribution is 2.20. The molecular formula is C4H5N3OS2. The van der Waals surface area contributed by atoms with E-state index in [9.17, 15) is 4.79 Å². The fourth-order valence-electron chi connectivity index (χ4n) is 0.474. The molecule has 0 spiro atoms. The number of nitrogens with zero attached hydrogens (tertiary/aromatic N) is 2. The van der Waals surface area contributed by atoms with Crippen LogP contribution in [0.3, 0.4) is 0 Å². The predicted octanol–water partition coefficient (Wildman–Crippen LogP) is 0.890. The molecule has 0 bridgehead atoms. The number of hydrogen-bond donors (Lipinski definition) is 1. The van der Waals surface area contributed by atoms with Gasteiger partial charge in [0.2, 0.25) is 5.91 Å². The van der Waals surface area contributed by atoms with E-state index in [1.807, 2.05) is 0 Å². The Morgan fingerprint density at radius 2 is 2.60 bits per heavy atom. The average molecular weight is 175 g/mol. The van der Waals surface area contributed by atoms with Crippen molar-refractivity contribution in [3.05, 3.63) is 0 Å². The lowest BCUT2D eigenvalue weighted by molar-refractivity contribution is -0.119. The van der Waals surface area contributed by atoms with Gasteiger partial charge in [0.05, 0.1) is 0 Å². The van der Waals surface area contributed by atoms with E-state index < -0.39 is 0 Å². The zero-order valence-corrected chi connectivity index (χ0v) is 6.83. The first-order chi connectivity index (χ1) is 4.68. The van der Waals surface area contributed by atoms with Crippen molar-refractivity contribution in [2.45, 2.75) is 12.4 Å². The van der Waals surface area contributed by atoms with Gasteiger partial charge in [-0.3, -0.25) is 4.79 Å². The van der Waals surface area contributed by atoms with E-state index in [1.54, 1.807) is 0 Å². The molecule has 54 valence electrons. The fraction of sp³-hybridized carbons (Fsp3) is 0.500. The first kappa shape index (κ1) is 7.62. The van der Waals surface area contributed by atoms with Gasteiger partial charge in [0.25, 0.3) is 0 Å². The molecule has 6 heteroatoms. The van der Waals surface area contributed by atoms with Crippen molar-refractivity contribution in [1.82, 2.24) is 5.32 Å². The number of azo groups is 1. The zero-order chi connectivity index (χ0) is 7.56. The van der Waals surface area contributed by atoms with Crippen LogP contribution in [0.5, 0.6) is 0 Å². The molecule has 0 radical (unpaired) electrons. The molecule has 1 unspecified atom stereocenters. The van der Waals surface area contributed by atoms with Gasteiger partial charge in [-0.2, -0.15) is 0 Å². The van der Waals surface area contributed by atoms with Crippen LogP contribution in [0.15, 0.2) is 10.2 Å². The van der Waals surface area contributed by atoms with Gasteiger partial charge in [-0.15, -0.1) is 10.2 Å². The maximum atomic E-state index is 10.4. The average Bonchev–Trinajstić information content (AvgIpc) is 2.13. The molecule has 10 heavy (non-hydrogen) atoms. The van der Waals surface area contributed by atoms with Crippen LogP contribution in [0.1, 0.15) is 6.92 Å². The van der Waals surface area contributed by atoms with Crippen LogP contribution in [-0.2, 0) is 4.79 Å². The van der Waals surface area contributed by atoms with E-state index >= 15 is 0 Å². The first-order valence-electron chi connectivity index (χ1n) is 2.57. The highest BCUT2D eigenvalue weighted by molar-refractivity contribution is 8.23. The third-order valence-corrected chi connectivity index (χ3v) is 1.87. The van der Waals surface area contributed by atoms with Crippen molar-refractivity contribution in [2.75, 3.05) is 0 Å². The highest BCUT2D eigenvalue weighted by atomic mass is 32.2. The van der Waals surface area contributed by atoms with Gasteiger partial charge in [0.15, 0.2) is 9.82 Å². The Kier molecular flexibility index (Phi) is 2.34. The van der Waals surface area contributed by atoms with Gasteiger partial charge in [-0.05, 0) is 24.0 Å². The number of carbonyl (C=O) groups excluding carboxylic acids is 1. The lowest BCUT2D eigenvalue weighted by atomic mass is 10.7. The maximum Gasteiger partial charge on any atom is 0.219 e. The van der Waals surface area contributed by atoms with Gasteiger partial charge in [0, 0.05) is 6.92 Å². The largest absolute Gasteiger partial charge is 0.324 e. The maximum absolute atomic E-state index is 10.4. The van der Waals surface area contributed by atoms with E-state index in [0.717, 1.165) is 0 Å². The number of rotatable bonds is 1. The van der Waals surface area contributed by atoms with Crippen molar-refractivity contribution in [3.63, 3.8) is 0 Å². The predicted molar refractivity (Wildman–Crippen MR) is 42.6 cm³/mol. The van der Waals surface area contributed by atoms with Crippen LogP contribution in [0, 0.1) is 0 Å². The van der Waals surface area contributed by atoms with E-state index in [0.29, 0.717) is 4.32 Å². The van der Waals surface area contributed by atoms with Gasteiger partial charge >= 0.3 is 0 Å². The lowest BCUT2D eigenvalue weighted by Gasteiger charge is -2.02. The summed E-state index contributed by atoms with van der Waals surface area (Å²) in [5.41, 5.74) is -0.301. The number of hydrogen-bond acceptors (Lipinski definition) is 4. The Morgan fingerprint density at radius 3 is 3.00 bits per heavy atom. The Balaban J connectivity index is 2.40. The van der Waals surface area contributed by atoms with Crippen LogP contribution in [0.2, 0.25) is 0 Å². The van der Waals surface area contributed by atoms with Gasteiger partial charge in [0.1, 0.15) is 0 Å². The van der Waals surface area contributed by atoms with Crippen molar-refractivity contribution in [1.29, 1.82) is 0 Å². The van der Waals surface area contributed by atoms with Gasteiger partial charge in [-0.25, -0.2) is 0 Å². The minimum absolute atomic E-state index is 0.124. The Bertz CT molecular complexity index is 203. The van der Waals surface area contributed by atoms with Crippen LogP contribution >= 0.6 is 24.0 Å². The molecule has 0 aromatic rings. The zero-order valence-electron chi connectivity index (χ0n) is 5.20. The Hall–Kier alpha value is -0.490. The number of thiocarbonyl (C=S) groups is 1. The van der Waals surface area contributed by atoms with E-state index in [4.69, 9.17) is 12.2 Å². The third-order valence-electron chi connectivity index (χ3n) is 0.783. The molecule has 0 saturated heterocycles. The normalized spacial score (nSPS) is 23.3. The summed E-state index contributed by atoms with van der Waals surface area (Å²) in [7, 11) is 0. The summed E-state index contributed by atoms with van der Waals surface area (Å²) in [6, 6.07) is 0. The smallest absolute Gasteiger partial charge is 0.219 e. The second-order valence-electron chi connectivity index (χ2n) is 1.65. The minimum atomic E-state index is -0.301. The summed E-state index contributed by atoms with van der Waals surface area (Å²) in [6.45, 7) is 1.43. The Morgan fingerprint density at radius 1 is 1.90 bits per heavy atom. The summed E-state index contributed by atoms with van der Waals surface area (Å²) in [6.07, 6.45) is 0. The number of thioether (sulfide) groups is 1. The lowest BCUT2D eigenvalue weighted by Crippen LogP contribution is -2.27. The molecule has 4 nitrogen and oxygen atoms in total. The summed E-state index contributed by atoms with van der Waals surface area (Å²) < 4.78 is 0.471. The van der Waals surface area contributed by atoms with Crippen molar-refractivity contribution in [3.8, 4) is 0 Å². The van der Waals surface area contributed by atoms with E-state index in [2.05, 4.69) is 15.5 Å². The second-order valence-corrected chi connectivity index (χ2v) is 3.37. The molecule has 1 heterocycles. The van der Waals surface area contributed by atoms with Gasteiger partial charge < -0.3 is 5.32 Å². The monoisotopic (exact) mass is 175 g/mol. The van der Waals surface area contributed by atoms with Crippen molar-refractivity contribution >= 4 is 34.2 Å². The number of carbonyl (C=O) groups is 1. The quantitative estimate of drug-likeness (QED) is 0.602. The molecule has 0 fully saturated rings. The molecule has 0 aromatic carbocycles. The summed E-state index contributed by atoms with van der Waals surface area (Å²) >= 11 is 5.96. The summed E-state index contributed by atoms with van der Waals surface area (Å²) in [5.74, 6) is -0.124. The summed E-state index contributed by atoms with van der Waals surface area (Å²) in [4.78, 5) is 10.4. The van der Waals surface area contributed by atoms with E-state index in [1.165, 1.54) is 18.7 Å². The van der Waals surface area contributed by atoms with E-state index in [-0.39, 0.29) is 11.4 Å². The van der Waals surface area contributed by atoms with Crippen LogP contribution in [0.4, 0.5) is 0 Å².